The van der Waals surface area contributed by atoms with Crippen molar-refractivity contribution in [1.29, 1.82) is 0 Å². The Hall–Kier alpha value is -1.53. The van der Waals surface area contributed by atoms with Crippen LogP contribution < -0.4 is 5.32 Å². The lowest BCUT2D eigenvalue weighted by atomic mass is 10.2. The van der Waals surface area contributed by atoms with E-state index in [1.54, 1.807) is 18.2 Å². The summed E-state index contributed by atoms with van der Waals surface area (Å²) in [5, 5.41) is 2.99. The fraction of sp³-hybridized carbons (Fsp3) is 0.250. The van der Waals surface area contributed by atoms with Crippen molar-refractivity contribution in [2.75, 3.05) is 13.1 Å². The first-order chi connectivity index (χ1) is 8.87. The first kappa shape index (κ1) is 13.9. The van der Waals surface area contributed by atoms with E-state index >= 15 is 0 Å². The number of para-hydroxylation sites is 1. The highest BCUT2D eigenvalue weighted by Gasteiger charge is 2.27. The van der Waals surface area contributed by atoms with E-state index in [1.807, 2.05) is 5.32 Å². The van der Waals surface area contributed by atoms with Gasteiger partial charge in [-0.25, -0.2) is 0 Å². The lowest BCUT2D eigenvalue weighted by Gasteiger charge is -2.06. The third-order valence-electron chi connectivity index (χ3n) is 2.38. The standard InChI is InChI=1S/C12H9ClF3NO2/c13-8-3-1-2-7-4-10(19-11(7)8)9(18)5-17-6-12(14,15)16/h1-4,17H,5-6H2. The summed E-state index contributed by atoms with van der Waals surface area (Å²) in [7, 11) is 0. The molecule has 0 amide bonds. The van der Waals surface area contributed by atoms with Crippen molar-refractivity contribution in [3.05, 3.63) is 35.0 Å². The molecule has 7 heteroatoms. The van der Waals surface area contributed by atoms with Crippen LogP contribution in [0, 0.1) is 0 Å². The molecule has 0 atom stereocenters. The van der Waals surface area contributed by atoms with Gasteiger partial charge in [-0.15, -0.1) is 0 Å². The first-order valence-electron chi connectivity index (χ1n) is 5.35. The van der Waals surface area contributed by atoms with Gasteiger partial charge < -0.3 is 9.73 Å². The molecule has 0 saturated heterocycles. The van der Waals surface area contributed by atoms with E-state index in [-0.39, 0.29) is 5.76 Å². The minimum Gasteiger partial charge on any atom is -0.451 e. The molecule has 0 spiro atoms. The third-order valence-corrected chi connectivity index (χ3v) is 2.68. The average Bonchev–Trinajstić information content (AvgIpc) is 2.72. The monoisotopic (exact) mass is 291 g/mol. The maximum Gasteiger partial charge on any atom is 0.401 e. The molecule has 102 valence electrons. The van der Waals surface area contributed by atoms with Gasteiger partial charge in [0.15, 0.2) is 11.3 Å². The maximum atomic E-state index is 11.9. The zero-order chi connectivity index (χ0) is 14.0. The summed E-state index contributed by atoms with van der Waals surface area (Å²) in [6.07, 6.45) is -4.35. The molecule has 0 aliphatic heterocycles. The molecule has 2 rings (SSSR count). The van der Waals surface area contributed by atoms with E-state index in [0.717, 1.165) is 0 Å². The Morgan fingerprint density at radius 1 is 1.37 bits per heavy atom. The van der Waals surface area contributed by atoms with Crippen molar-refractivity contribution in [2.45, 2.75) is 6.18 Å². The predicted molar refractivity (Wildman–Crippen MR) is 64.5 cm³/mol. The Morgan fingerprint density at radius 3 is 2.74 bits per heavy atom. The van der Waals surface area contributed by atoms with Crippen LogP contribution in [0.3, 0.4) is 0 Å². The highest BCUT2D eigenvalue weighted by atomic mass is 35.5. The quantitative estimate of drug-likeness (QED) is 0.878. The van der Waals surface area contributed by atoms with E-state index in [1.165, 1.54) is 6.07 Å². The molecule has 0 bridgehead atoms. The first-order valence-corrected chi connectivity index (χ1v) is 5.73. The molecule has 1 aromatic heterocycles. The number of nitrogens with one attached hydrogen (secondary N) is 1. The molecule has 1 heterocycles. The summed E-state index contributed by atoms with van der Waals surface area (Å²) in [4.78, 5) is 11.6. The van der Waals surface area contributed by atoms with Gasteiger partial charge >= 0.3 is 6.18 Å². The largest absolute Gasteiger partial charge is 0.451 e. The van der Waals surface area contributed by atoms with Gasteiger partial charge in [0.05, 0.1) is 18.1 Å². The summed E-state index contributed by atoms with van der Waals surface area (Å²) < 4.78 is 41.0. The van der Waals surface area contributed by atoms with E-state index in [2.05, 4.69) is 0 Å². The van der Waals surface area contributed by atoms with Crippen molar-refractivity contribution in [2.24, 2.45) is 0 Å². The number of ketones is 1. The molecule has 0 aliphatic rings. The van der Waals surface area contributed by atoms with Crippen molar-refractivity contribution in [3.8, 4) is 0 Å². The maximum absolute atomic E-state index is 11.9. The lowest BCUT2D eigenvalue weighted by Crippen LogP contribution is -2.32. The van der Waals surface area contributed by atoms with Crippen LogP contribution in [-0.2, 0) is 0 Å². The molecule has 1 N–H and O–H groups in total. The summed E-state index contributed by atoms with van der Waals surface area (Å²) in [6.45, 7) is -1.67. The number of furan rings is 1. The SMILES string of the molecule is O=C(CNCC(F)(F)F)c1cc2cccc(Cl)c2o1. The van der Waals surface area contributed by atoms with Gasteiger partial charge in [0, 0.05) is 5.39 Å². The number of benzene rings is 1. The molecular formula is C12H9ClF3NO2. The second-order valence-electron chi connectivity index (χ2n) is 3.91. The molecule has 0 saturated carbocycles. The van der Waals surface area contributed by atoms with E-state index in [4.69, 9.17) is 16.0 Å². The van der Waals surface area contributed by atoms with Crippen molar-refractivity contribution in [3.63, 3.8) is 0 Å². The van der Waals surface area contributed by atoms with Crippen molar-refractivity contribution >= 4 is 28.4 Å². The number of Topliss-reactive ketones (excluding diaryl/α,β-unsaturated/α-hetero) is 1. The van der Waals surface area contributed by atoms with E-state index in [9.17, 15) is 18.0 Å². The van der Waals surface area contributed by atoms with Gasteiger partial charge in [-0.3, -0.25) is 4.79 Å². The van der Waals surface area contributed by atoms with Crippen LogP contribution in [0.1, 0.15) is 10.6 Å². The number of carbonyl (C=O) groups excluding carboxylic acids is 1. The van der Waals surface area contributed by atoms with Gasteiger partial charge in [0.2, 0.25) is 5.78 Å². The number of rotatable bonds is 4. The average molecular weight is 292 g/mol. The normalized spacial score (nSPS) is 12.0. The molecule has 0 fully saturated rings. The van der Waals surface area contributed by atoms with Gasteiger partial charge in [0.1, 0.15) is 0 Å². The molecule has 19 heavy (non-hydrogen) atoms. The number of halogens is 4. The Balaban J connectivity index is 2.08. The van der Waals surface area contributed by atoms with Crippen LogP contribution in [-0.4, -0.2) is 25.0 Å². The van der Waals surface area contributed by atoms with Crippen LogP contribution >= 0.6 is 11.6 Å². The Labute approximate surface area is 111 Å². The fourth-order valence-corrected chi connectivity index (χ4v) is 1.79. The number of carbonyl (C=O) groups is 1. The molecule has 2 aromatic rings. The molecule has 3 nitrogen and oxygen atoms in total. The van der Waals surface area contributed by atoms with Crippen LogP contribution in [0.2, 0.25) is 5.02 Å². The zero-order valence-electron chi connectivity index (χ0n) is 9.55. The minimum atomic E-state index is -4.35. The Morgan fingerprint density at radius 2 is 2.11 bits per heavy atom. The summed E-state index contributed by atoms with van der Waals surface area (Å²) >= 11 is 5.87. The highest BCUT2D eigenvalue weighted by Crippen LogP contribution is 2.26. The minimum absolute atomic E-state index is 0.0159. The third kappa shape index (κ3) is 3.48. The Kier molecular flexibility index (Phi) is 3.82. The Bertz CT molecular complexity index is 607. The van der Waals surface area contributed by atoms with E-state index < -0.39 is 25.0 Å². The topological polar surface area (TPSA) is 42.2 Å². The second kappa shape index (κ2) is 5.22. The fourth-order valence-electron chi connectivity index (χ4n) is 1.57. The highest BCUT2D eigenvalue weighted by molar-refractivity contribution is 6.34. The van der Waals surface area contributed by atoms with Gasteiger partial charge in [0.25, 0.3) is 0 Å². The summed E-state index contributed by atoms with van der Waals surface area (Å²) in [5.74, 6) is -0.575. The predicted octanol–water partition coefficient (Wildman–Crippen LogP) is 3.42. The summed E-state index contributed by atoms with van der Waals surface area (Å²) in [5.41, 5.74) is 0.350. The number of hydrogen-bond acceptors (Lipinski definition) is 3. The van der Waals surface area contributed by atoms with Crippen LogP contribution in [0.4, 0.5) is 13.2 Å². The lowest BCUT2D eigenvalue weighted by molar-refractivity contribution is -0.124. The van der Waals surface area contributed by atoms with Crippen molar-refractivity contribution in [1.82, 2.24) is 5.32 Å². The molecule has 0 unspecified atom stereocenters. The smallest absolute Gasteiger partial charge is 0.401 e. The molecule has 1 aromatic carbocycles. The van der Waals surface area contributed by atoms with Crippen LogP contribution in [0.5, 0.6) is 0 Å². The molecule has 0 radical (unpaired) electrons. The number of fused-ring (bicyclic) bond motifs is 1. The van der Waals surface area contributed by atoms with Crippen LogP contribution in [0.25, 0.3) is 11.0 Å². The van der Waals surface area contributed by atoms with Gasteiger partial charge in [-0.05, 0) is 12.1 Å². The van der Waals surface area contributed by atoms with Gasteiger partial charge in [-0.1, -0.05) is 23.7 Å². The molecule has 0 aliphatic carbocycles. The number of alkyl halides is 3. The second-order valence-corrected chi connectivity index (χ2v) is 4.32. The summed E-state index contributed by atoms with van der Waals surface area (Å²) in [6, 6.07) is 6.45. The van der Waals surface area contributed by atoms with Gasteiger partial charge in [-0.2, -0.15) is 13.2 Å². The van der Waals surface area contributed by atoms with E-state index in [0.29, 0.717) is 16.0 Å². The molecular weight excluding hydrogens is 283 g/mol. The zero-order valence-corrected chi connectivity index (χ0v) is 10.3. The number of hydrogen-bond donors (Lipinski definition) is 1. The van der Waals surface area contributed by atoms with Crippen LogP contribution in [0.15, 0.2) is 28.7 Å². The van der Waals surface area contributed by atoms with Crippen molar-refractivity contribution < 1.29 is 22.4 Å².